The highest BCUT2D eigenvalue weighted by Crippen LogP contribution is 2.29. The molecular weight excluding hydrogens is 254 g/mol. The first-order chi connectivity index (χ1) is 8.29. The summed E-state index contributed by atoms with van der Waals surface area (Å²) < 4.78 is 10.7. The fourth-order valence-electron chi connectivity index (χ4n) is 2.00. The van der Waals surface area contributed by atoms with E-state index in [1.54, 1.807) is 18.2 Å². The molecule has 1 saturated heterocycles. The Morgan fingerprint density at radius 3 is 2.61 bits per heavy atom. The lowest BCUT2D eigenvalue weighted by Crippen LogP contribution is -2.33. The second kappa shape index (κ2) is 7.34. The van der Waals surface area contributed by atoms with Crippen LogP contribution in [-0.2, 0) is 0 Å². The van der Waals surface area contributed by atoms with E-state index in [0.717, 1.165) is 18.8 Å². The Labute approximate surface area is 114 Å². The number of phenols is 1. The fourth-order valence-corrected chi connectivity index (χ4v) is 2.00. The summed E-state index contributed by atoms with van der Waals surface area (Å²) in [5, 5.41) is 9.46. The fraction of sp³-hybridized carbons (Fsp3) is 0.538. The maximum absolute atomic E-state index is 9.46. The molecular formula is C13H20ClNO3. The average Bonchev–Trinajstić information content (AvgIpc) is 2.39. The molecule has 0 amide bonds. The Bertz CT molecular complexity index is 367. The molecule has 1 fully saturated rings. The second-order valence-electron chi connectivity index (χ2n) is 4.29. The maximum atomic E-state index is 9.46. The normalized spacial score (nSPS) is 15.8. The van der Waals surface area contributed by atoms with Gasteiger partial charge >= 0.3 is 0 Å². The molecule has 0 aromatic heterocycles. The van der Waals surface area contributed by atoms with E-state index in [2.05, 4.69) is 4.90 Å². The van der Waals surface area contributed by atoms with Crippen LogP contribution in [0.25, 0.3) is 0 Å². The molecule has 0 unspecified atom stereocenters. The van der Waals surface area contributed by atoms with Crippen LogP contribution in [0.4, 0.5) is 0 Å². The van der Waals surface area contributed by atoms with Gasteiger partial charge in [-0.2, -0.15) is 0 Å². The molecule has 2 rings (SSSR count). The molecule has 1 N–H and O–H groups in total. The summed E-state index contributed by atoms with van der Waals surface area (Å²) in [6.45, 7) is 2.82. The van der Waals surface area contributed by atoms with Crippen molar-refractivity contribution in [1.82, 2.24) is 4.90 Å². The van der Waals surface area contributed by atoms with E-state index in [0.29, 0.717) is 12.5 Å². The van der Waals surface area contributed by atoms with Crippen LogP contribution in [0.5, 0.6) is 17.2 Å². The molecule has 4 nitrogen and oxygen atoms in total. The summed E-state index contributed by atoms with van der Waals surface area (Å²) in [5.41, 5.74) is 0. The van der Waals surface area contributed by atoms with E-state index < -0.39 is 0 Å². The van der Waals surface area contributed by atoms with Gasteiger partial charge in [-0.3, -0.25) is 4.90 Å². The van der Waals surface area contributed by atoms with E-state index in [9.17, 15) is 5.11 Å². The van der Waals surface area contributed by atoms with E-state index in [1.807, 2.05) is 0 Å². The quantitative estimate of drug-likeness (QED) is 0.916. The van der Waals surface area contributed by atoms with Crippen molar-refractivity contribution in [3.63, 3.8) is 0 Å². The molecule has 1 heterocycles. The number of halogens is 1. The predicted molar refractivity (Wildman–Crippen MR) is 72.8 cm³/mol. The highest BCUT2D eigenvalue weighted by molar-refractivity contribution is 5.85. The molecule has 1 aromatic carbocycles. The van der Waals surface area contributed by atoms with Crippen LogP contribution in [0.1, 0.15) is 19.3 Å². The van der Waals surface area contributed by atoms with Crippen LogP contribution < -0.4 is 9.47 Å². The molecule has 5 heteroatoms. The largest absolute Gasteiger partial charge is 0.504 e. The van der Waals surface area contributed by atoms with Crippen LogP contribution in [-0.4, -0.2) is 36.9 Å². The Kier molecular flexibility index (Phi) is 6.09. The van der Waals surface area contributed by atoms with Crippen molar-refractivity contribution in [2.24, 2.45) is 0 Å². The number of benzene rings is 1. The van der Waals surface area contributed by atoms with Gasteiger partial charge in [0.25, 0.3) is 0 Å². The first kappa shape index (κ1) is 14.9. The topological polar surface area (TPSA) is 41.9 Å². The van der Waals surface area contributed by atoms with Crippen molar-refractivity contribution in [2.75, 3.05) is 26.9 Å². The van der Waals surface area contributed by atoms with E-state index in [4.69, 9.17) is 9.47 Å². The zero-order valence-electron chi connectivity index (χ0n) is 10.6. The number of hydrogen-bond donors (Lipinski definition) is 1. The Morgan fingerprint density at radius 2 is 1.94 bits per heavy atom. The van der Waals surface area contributed by atoms with Crippen LogP contribution in [0, 0.1) is 0 Å². The number of nitrogens with zero attached hydrogens (tertiary/aromatic N) is 1. The van der Waals surface area contributed by atoms with Gasteiger partial charge in [0.1, 0.15) is 12.5 Å². The van der Waals surface area contributed by atoms with Crippen molar-refractivity contribution in [1.29, 1.82) is 0 Å². The number of rotatable bonds is 4. The van der Waals surface area contributed by atoms with Crippen molar-refractivity contribution >= 4 is 12.4 Å². The molecule has 102 valence electrons. The Morgan fingerprint density at radius 1 is 1.22 bits per heavy atom. The monoisotopic (exact) mass is 273 g/mol. The highest BCUT2D eigenvalue weighted by atomic mass is 35.5. The minimum Gasteiger partial charge on any atom is -0.504 e. The van der Waals surface area contributed by atoms with E-state index in [-0.39, 0.29) is 18.2 Å². The van der Waals surface area contributed by atoms with Gasteiger partial charge in [-0.25, -0.2) is 0 Å². The molecule has 0 atom stereocenters. The standard InChI is InChI=1S/C13H19NO3.ClH/c1-16-13-9-11(5-6-12(13)15)17-10-14-7-3-2-4-8-14;/h5-6,9,15H,2-4,7-8,10H2,1H3;1H. The van der Waals surface area contributed by atoms with Gasteiger partial charge in [0.15, 0.2) is 11.5 Å². The summed E-state index contributed by atoms with van der Waals surface area (Å²) in [7, 11) is 1.53. The van der Waals surface area contributed by atoms with Gasteiger partial charge in [0.05, 0.1) is 7.11 Å². The lowest BCUT2D eigenvalue weighted by molar-refractivity contribution is 0.106. The van der Waals surface area contributed by atoms with Crippen LogP contribution in [0.3, 0.4) is 0 Å². The van der Waals surface area contributed by atoms with Crippen molar-refractivity contribution in [3.05, 3.63) is 18.2 Å². The Balaban J connectivity index is 0.00000162. The van der Waals surface area contributed by atoms with Crippen LogP contribution >= 0.6 is 12.4 Å². The molecule has 0 aliphatic carbocycles. The molecule has 1 aliphatic heterocycles. The maximum Gasteiger partial charge on any atom is 0.164 e. The molecule has 0 bridgehead atoms. The van der Waals surface area contributed by atoms with Gasteiger partial charge in [0.2, 0.25) is 0 Å². The molecule has 0 radical (unpaired) electrons. The third-order valence-corrected chi connectivity index (χ3v) is 3.01. The molecule has 0 saturated carbocycles. The van der Waals surface area contributed by atoms with Crippen molar-refractivity contribution in [3.8, 4) is 17.2 Å². The van der Waals surface area contributed by atoms with Gasteiger partial charge < -0.3 is 14.6 Å². The molecule has 1 aliphatic rings. The minimum absolute atomic E-state index is 0. The summed E-state index contributed by atoms with van der Waals surface area (Å²) in [6, 6.07) is 5.05. The van der Waals surface area contributed by atoms with Crippen LogP contribution in [0.2, 0.25) is 0 Å². The number of likely N-dealkylation sites (tertiary alicyclic amines) is 1. The zero-order chi connectivity index (χ0) is 12.1. The number of phenolic OH excluding ortho intramolecular Hbond substituents is 1. The zero-order valence-corrected chi connectivity index (χ0v) is 11.4. The van der Waals surface area contributed by atoms with Crippen molar-refractivity contribution < 1.29 is 14.6 Å². The Hall–Kier alpha value is -1.13. The molecule has 18 heavy (non-hydrogen) atoms. The van der Waals surface area contributed by atoms with Gasteiger partial charge in [-0.05, 0) is 25.0 Å². The predicted octanol–water partition coefficient (Wildman–Crippen LogP) is 2.64. The van der Waals surface area contributed by atoms with E-state index >= 15 is 0 Å². The number of ether oxygens (including phenoxy) is 2. The number of aromatic hydroxyl groups is 1. The third kappa shape index (κ3) is 3.96. The third-order valence-electron chi connectivity index (χ3n) is 3.01. The average molecular weight is 274 g/mol. The SMILES string of the molecule is COc1cc(OCN2CCCCC2)ccc1O.Cl. The number of methoxy groups -OCH3 is 1. The van der Waals surface area contributed by atoms with Gasteiger partial charge in [0, 0.05) is 19.2 Å². The van der Waals surface area contributed by atoms with E-state index in [1.165, 1.54) is 26.4 Å². The molecule has 1 aromatic rings. The first-order valence-electron chi connectivity index (χ1n) is 6.02. The summed E-state index contributed by atoms with van der Waals surface area (Å²) in [4.78, 5) is 2.29. The highest BCUT2D eigenvalue weighted by Gasteiger charge is 2.10. The van der Waals surface area contributed by atoms with Gasteiger partial charge in [-0.1, -0.05) is 6.42 Å². The second-order valence-corrected chi connectivity index (χ2v) is 4.29. The van der Waals surface area contributed by atoms with Crippen molar-refractivity contribution in [2.45, 2.75) is 19.3 Å². The first-order valence-corrected chi connectivity index (χ1v) is 6.02. The lowest BCUT2D eigenvalue weighted by atomic mass is 10.1. The summed E-state index contributed by atoms with van der Waals surface area (Å²) >= 11 is 0. The smallest absolute Gasteiger partial charge is 0.164 e. The number of piperidine rings is 1. The summed E-state index contributed by atoms with van der Waals surface area (Å²) in [5.74, 6) is 1.31. The van der Waals surface area contributed by atoms with Gasteiger partial charge in [-0.15, -0.1) is 12.4 Å². The van der Waals surface area contributed by atoms with Crippen LogP contribution in [0.15, 0.2) is 18.2 Å². The molecule has 0 spiro atoms. The minimum atomic E-state index is 0. The number of hydrogen-bond acceptors (Lipinski definition) is 4. The summed E-state index contributed by atoms with van der Waals surface area (Å²) in [6.07, 6.45) is 3.83. The lowest BCUT2D eigenvalue weighted by Gasteiger charge is -2.26.